The molecular weight excluding hydrogens is 274 g/mol. The van der Waals surface area contributed by atoms with Gasteiger partial charge in [0.2, 0.25) is 0 Å². The fourth-order valence-electron chi connectivity index (χ4n) is 1.75. The van der Waals surface area contributed by atoms with Crippen molar-refractivity contribution in [2.75, 3.05) is 31.4 Å². The van der Waals surface area contributed by atoms with E-state index >= 15 is 0 Å². The van der Waals surface area contributed by atoms with Crippen molar-refractivity contribution in [3.63, 3.8) is 0 Å². The number of ether oxygens (including phenoxy) is 1. The van der Waals surface area contributed by atoms with E-state index in [1.807, 2.05) is 48.6 Å². The van der Waals surface area contributed by atoms with Gasteiger partial charge in [0, 0.05) is 19.5 Å². The van der Waals surface area contributed by atoms with Crippen LogP contribution in [-0.2, 0) is 16.0 Å². The Bertz CT molecular complexity index is 596. The zero-order valence-electron chi connectivity index (χ0n) is 11.7. The molecule has 5 nitrogen and oxygen atoms in total. The summed E-state index contributed by atoms with van der Waals surface area (Å²) in [5, 5.41) is 5.90. The first-order valence-electron chi connectivity index (χ1n) is 6.14. The Morgan fingerprint density at radius 2 is 2.15 bits per heavy atom. The molecule has 0 saturated carbocycles. The molecule has 0 radical (unpaired) electrons. The number of anilines is 3. The van der Waals surface area contributed by atoms with E-state index in [1.165, 1.54) is 18.4 Å². The second-order valence-electron chi connectivity index (χ2n) is 4.43. The Kier molecular flexibility index (Phi) is 4.57. The van der Waals surface area contributed by atoms with Gasteiger partial charge in [-0.3, -0.25) is 4.79 Å². The Morgan fingerprint density at radius 3 is 2.85 bits per heavy atom. The van der Waals surface area contributed by atoms with Gasteiger partial charge in [-0.2, -0.15) is 0 Å². The van der Waals surface area contributed by atoms with Gasteiger partial charge in [0.05, 0.1) is 30.6 Å². The van der Waals surface area contributed by atoms with Gasteiger partial charge in [-0.25, -0.2) is 4.98 Å². The molecule has 0 spiro atoms. The maximum atomic E-state index is 11.2. The van der Waals surface area contributed by atoms with Crippen LogP contribution in [0.5, 0.6) is 0 Å². The Balaban J connectivity index is 2.13. The van der Waals surface area contributed by atoms with E-state index in [4.69, 9.17) is 0 Å². The van der Waals surface area contributed by atoms with Crippen LogP contribution in [-0.4, -0.2) is 32.2 Å². The lowest BCUT2D eigenvalue weighted by molar-refractivity contribution is -0.139. The number of nitrogens with zero attached hydrogens (tertiary/aromatic N) is 2. The molecule has 0 aliphatic carbocycles. The molecule has 0 bridgehead atoms. The monoisotopic (exact) mass is 291 g/mol. The van der Waals surface area contributed by atoms with Crippen molar-refractivity contribution >= 4 is 33.8 Å². The number of nitrogens with one attached hydrogen (secondary N) is 1. The average molecular weight is 291 g/mol. The zero-order valence-corrected chi connectivity index (χ0v) is 12.5. The predicted molar refractivity (Wildman–Crippen MR) is 81.9 cm³/mol. The van der Waals surface area contributed by atoms with Crippen molar-refractivity contribution in [1.82, 2.24) is 4.98 Å². The molecule has 106 valence electrons. The fourth-order valence-corrected chi connectivity index (χ4v) is 2.47. The van der Waals surface area contributed by atoms with Crippen LogP contribution in [0, 0.1) is 0 Å². The number of thiazole rings is 1. The first kappa shape index (κ1) is 14.3. The van der Waals surface area contributed by atoms with Gasteiger partial charge in [0.25, 0.3) is 0 Å². The Labute approximate surface area is 122 Å². The summed E-state index contributed by atoms with van der Waals surface area (Å²) in [4.78, 5) is 17.6. The molecule has 0 unspecified atom stereocenters. The van der Waals surface area contributed by atoms with Gasteiger partial charge in [-0.1, -0.05) is 12.1 Å². The molecule has 0 amide bonds. The van der Waals surface area contributed by atoms with Gasteiger partial charge >= 0.3 is 5.97 Å². The predicted octanol–water partition coefficient (Wildman–Crippen LogP) is 2.67. The molecule has 0 aliphatic heterocycles. The van der Waals surface area contributed by atoms with Crippen LogP contribution in [0.3, 0.4) is 0 Å². The number of benzene rings is 1. The van der Waals surface area contributed by atoms with E-state index in [0.717, 1.165) is 16.5 Å². The van der Waals surface area contributed by atoms with Gasteiger partial charge in [-0.05, 0) is 12.1 Å². The van der Waals surface area contributed by atoms with Crippen LogP contribution in [0.15, 0.2) is 29.6 Å². The van der Waals surface area contributed by atoms with E-state index in [1.54, 1.807) is 0 Å². The number of hydrogen-bond acceptors (Lipinski definition) is 6. The number of para-hydroxylation sites is 2. The lowest BCUT2D eigenvalue weighted by Crippen LogP contribution is -2.10. The maximum absolute atomic E-state index is 11.2. The van der Waals surface area contributed by atoms with Crippen LogP contribution in [0.25, 0.3) is 0 Å². The molecular formula is C14H17N3O2S. The number of methoxy groups -OCH3 is 1. The lowest BCUT2D eigenvalue weighted by atomic mass is 10.2. The van der Waals surface area contributed by atoms with E-state index in [0.29, 0.717) is 5.69 Å². The highest BCUT2D eigenvalue weighted by molar-refractivity contribution is 7.13. The Morgan fingerprint density at radius 1 is 1.40 bits per heavy atom. The molecule has 0 aliphatic rings. The van der Waals surface area contributed by atoms with E-state index in [-0.39, 0.29) is 12.4 Å². The van der Waals surface area contributed by atoms with Crippen molar-refractivity contribution in [2.45, 2.75) is 6.42 Å². The van der Waals surface area contributed by atoms with E-state index < -0.39 is 0 Å². The number of hydrogen-bond donors (Lipinski definition) is 1. The zero-order chi connectivity index (χ0) is 14.5. The average Bonchev–Trinajstić information content (AvgIpc) is 2.86. The maximum Gasteiger partial charge on any atom is 0.311 e. The van der Waals surface area contributed by atoms with Crippen molar-refractivity contribution in [1.29, 1.82) is 0 Å². The van der Waals surface area contributed by atoms with Crippen molar-refractivity contribution in [2.24, 2.45) is 0 Å². The Hall–Kier alpha value is -2.08. The molecule has 1 N–H and O–H groups in total. The molecule has 2 aromatic rings. The summed E-state index contributed by atoms with van der Waals surface area (Å²) >= 11 is 1.47. The number of rotatable bonds is 5. The highest BCUT2D eigenvalue weighted by atomic mass is 32.1. The number of carbonyl (C=O) groups excluding carboxylic acids is 1. The van der Waals surface area contributed by atoms with Crippen LogP contribution >= 0.6 is 11.3 Å². The summed E-state index contributed by atoms with van der Waals surface area (Å²) < 4.78 is 4.63. The largest absolute Gasteiger partial charge is 0.469 e. The van der Waals surface area contributed by atoms with E-state index in [2.05, 4.69) is 15.0 Å². The highest BCUT2D eigenvalue weighted by Gasteiger charge is 2.09. The smallest absolute Gasteiger partial charge is 0.311 e. The van der Waals surface area contributed by atoms with Crippen LogP contribution in [0.1, 0.15) is 5.69 Å². The summed E-state index contributed by atoms with van der Waals surface area (Å²) in [6.45, 7) is 0. The molecule has 1 aromatic carbocycles. The van der Waals surface area contributed by atoms with Crippen LogP contribution < -0.4 is 10.2 Å². The van der Waals surface area contributed by atoms with Crippen molar-refractivity contribution in [3.8, 4) is 0 Å². The molecule has 0 atom stereocenters. The molecule has 2 rings (SSSR count). The topological polar surface area (TPSA) is 54.5 Å². The third kappa shape index (κ3) is 3.48. The number of carbonyl (C=O) groups is 1. The third-order valence-electron chi connectivity index (χ3n) is 2.73. The molecule has 0 fully saturated rings. The van der Waals surface area contributed by atoms with E-state index in [9.17, 15) is 4.79 Å². The van der Waals surface area contributed by atoms with Gasteiger partial charge < -0.3 is 15.0 Å². The summed E-state index contributed by atoms with van der Waals surface area (Å²) in [6.07, 6.45) is 0.198. The second-order valence-corrected chi connectivity index (χ2v) is 5.29. The minimum absolute atomic E-state index is 0.198. The molecule has 6 heteroatoms. The molecule has 20 heavy (non-hydrogen) atoms. The third-order valence-corrected chi connectivity index (χ3v) is 3.54. The van der Waals surface area contributed by atoms with Gasteiger partial charge in [0.15, 0.2) is 5.13 Å². The quantitative estimate of drug-likeness (QED) is 0.858. The fraction of sp³-hybridized carbons (Fsp3) is 0.286. The molecule has 1 heterocycles. The number of aromatic nitrogens is 1. The van der Waals surface area contributed by atoms with Crippen molar-refractivity contribution in [3.05, 3.63) is 35.3 Å². The minimum atomic E-state index is -0.282. The first-order valence-corrected chi connectivity index (χ1v) is 7.02. The van der Waals surface area contributed by atoms with Crippen molar-refractivity contribution < 1.29 is 9.53 Å². The lowest BCUT2D eigenvalue weighted by Gasteiger charge is -2.17. The number of esters is 1. The second kappa shape index (κ2) is 6.38. The molecule has 0 saturated heterocycles. The first-order chi connectivity index (χ1) is 9.60. The summed E-state index contributed by atoms with van der Waals surface area (Å²) in [6, 6.07) is 7.99. The SMILES string of the molecule is COC(=O)Cc1csc(Nc2ccccc2N(C)C)n1. The summed E-state index contributed by atoms with van der Waals surface area (Å²) in [5.74, 6) is -0.282. The standard InChI is InChI=1S/C14H17N3O2S/c1-17(2)12-7-5-4-6-11(12)16-14-15-10(9-20-14)8-13(18)19-3/h4-7,9H,8H2,1-3H3,(H,15,16). The summed E-state index contributed by atoms with van der Waals surface area (Å²) in [5.41, 5.74) is 2.78. The van der Waals surface area contributed by atoms with Crippen LogP contribution in [0.4, 0.5) is 16.5 Å². The normalized spacial score (nSPS) is 10.2. The highest BCUT2D eigenvalue weighted by Crippen LogP contribution is 2.28. The van der Waals surface area contributed by atoms with Crippen LogP contribution in [0.2, 0.25) is 0 Å². The molecule has 1 aromatic heterocycles. The summed E-state index contributed by atoms with van der Waals surface area (Å²) in [7, 11) is 5.36. The van der Waals surface area contributed by atoms with Gasteiger partial charge in [-0.15, -0.1) is 11.3 Å². The minimum Gasteiger partial charge on any atom is -0.469 e. The van der Waals surface area contributed by atoms with Gasteiger partial charge in [0.1, 0.15) is 0 Å².